The molecule has 3 nitrogen and oxygen atoms in total. The Labute approximate surface area is 112 Å². The lowest BCUT2D eigenvalue weighted by Crippen LogP contribution is -2.12. The average Bonchev–Trinajstić information content (AvgIpc) is 2.38. The molecule has 1 aromatic heterocycles. The highest BCUT2D eigenvalue weighted by atomic mass is 19.4. The number of carbonyl (C=O) groups is 1. The summed E-state index contributed by atoms with van der Waals surface area (Å²) >= 11 is 0. The standard InChI is InChI=1S/C14H10F3NO2/c15-14(16,17)12-7-10(9-3-5-18-6-4-9)1-2-11(12)8-13(19)20/h1-7H,8H2,(H,19,20). The summed E-state index contributed by atoms with van der Waals surface area (Å²) in [7, 11) is 0. The number of halogens is 3. The molecule has 0 saturated carbocycles. The number of carboxylic acid groups (broad SMARTS) is 1. The van der Waals surface area contributed by atoms with Crippen molar-refractivity contribution in [2.24, 2.45) is 0 Å². The van der Waals surface area contributed by atoms with Crippen molar-refractivity contribution in [1.82, 2.24) is 4.98 Å². The molecule has 0 aliphatic carbocycles. The topological polar surface area (TPSA) is 50.2 Å². The summed E-state index contributed by atoms with van der Waals surface area (Å²) in [5, 5.41) is 8.67. The fourth-order valence-corrected chi connectivity index (χ4v) is 1.88. The van der Waals surface area contributed by atoms with E-state index in [1.807, 2.05) is 0 Å². The summed E-state index contributed by atoms with van der Waals surface area (Å²) in [6.07, 6.45) is -2.29. The molecule has 0 saturated heterocycles. The molecule has 0 aliphatic rings. The van der Waals surface area contributed by atoms with Crippen LogP contribution in [0.5, 0.6) is 0 Å². The summed E-state index contributed by atoms with van der Waals surface area (Å²) in [4.78, 5) is 14.4. The minimum atomic E-state index is -4.59. The lowest BCUT2D eigenvalue weighted by Gasteiger charge is -2.13. The van der Waals surface area contributed by atoms with Crippen molar-refractivity contribution in [3.05, 3.63) is 53.9 Å². The number of benzene rings is 1. The van der Waals surface area contributed by atoms with E-state index in [0.717, 1.165) is 6.07 Å². The number of hydrogen-bond acceptors (Lipinski definition) is 2. The van der Waals surface area contributed by atoms with Gasteiger partial charge in [0.1, 0.15) is 0 Å². The first kappa shape index (κ1) is 14.0. The molecular formula is C14H10F3NO2. The van der Waals surface area contributed by atoms with Crippen LogP contribution >= 0.6 is 0 Å². The Balaban J connectivity index is 2.52. The molecule has 1 heterocycles. The zero-order valence-corrected chi connectivity index (χ0v) is 10.2. The third kappa shape index (κ3) is 3.14. The Hall–Kier alpha value is -2.37. The van der Waals surface area contributed by atoms with Crippen LogP contribution in [0.3, 0.4) is 0 Å². The maximum absolute atomic E-state index is 13.0. The van der Waals surface area contributed by atoms with Crippen molar-refractivity contribution < 1.29 is 23.1 Å². The normalized spacial score (nSPS) is 11.3. The molecule has 0 amide bonds. The van der Waals surface area contributed by atoms with E-state index in [9.17, 15) is 18.0 Å². The van der Waals surface area contributed by atoms with Crippen LogP contribution in [0.4, 0.5) is 13.2 Å². The molecule has 1 N–H and O–H groups in total. The maximum Gasteiger partial charge on any atom is 0.416 e. The molecule has 0 bridgehead atoms. The maximum atomic E-state index is 13.0. The Morgan fingerprint density at radius 1 is 1.10 bits per heavy atom. The summed E-state index contributed by atoms with van der Waals surface area (Å²) in [5.74, 6) is -1.30. The van der Waals surface area contributed by atoms with E-state index in [1.54, 1.807) is 12.1 Å². The second-order valence-corrected chi connectivity index (χ2v) is 4.18. The van der Waals surface area contributed by atoms with Crippen molar-refractivity contribution in [2.75, 3.05) is 0 Å². The van der Waals surface area contributed by atoms with Gasteiger partial charge in [0.25, 0.3) is 0 Å². The zero-order chi connectivity index (χ0) is 14.8. The Morgan fingerprint density at radius 2 is 1.75 bits per heavy atom. The molecule has 0 fully saturated rings. The fourth-order valence-electron chi connectivity index (χ4n) is 1.88. The van der Waals surface area contributed by atoms with Crippen LogP contribution in [-0.2, 0) is 17.4 Å². The van der Waals surface area contributed by atoms with Gasteiger partial charge >= 0.3 is 12.1 Å². The van der Waals surface area contributed by atoms with E-state index in [-0.39, 0.29) is 5.56 Å². The molecule has 0 aliphatic heterocycles. The van der Waals surface area contributed by atoms with Gasteiger partial charge in [0.15, 0.2) is 0 Å². The van der Waals surface area contributed by atoms with Crippen LogP contribution < -0.4 is 0 Å². The number of pyridine rings is 1. The van der Waals surface area contributed by atoms with E-state index >= 15 is 0 Å². The lowest BCUT2D eigenvalue weighted by atomic mass is 9.97. The summed E-state index contributed by atoms with van der Waals surface area (Å²) < 4.78 is 39.0. The smallest absolute Gasteiger partial charge is 0.416 e. The van der Waals surface area contributed by atoms with E-state index in [2.05, 4.69) is 4.98 Å². The van der Waals surface area contributed by atoms with Gasteiger partial charge in [0.2, 0.25) is 0 Å². The Bertz CT molecular complexity index is 624. The summed E-state index contributed by atoms with van der Waals surface area (Å²) in [6, 6.07) is 6.82. The van der Waals surface area contributed by atoms with E-state index in [0.29, 0.717) is 11.1 Å². The Morgan fingerprint density at radius 3 is 2.30 bits per heavy atom. The van der Waals surface area contributed by atoms with Gasteiger partial charge in [-0.15, -0.1) is 0 Å². The number of alkyl halides is 3. The number of nitrogens with zero attached hydrogens (tertiary/aromatic N) is 1. The van der Waals surface area contributed by atoms with E-state index in [4.69, 9.17) is 5.11 Å². The van der Waals surface area contributed by atoms with Crippen LogP contribution in [0.15, 0.2) is 42.7 Å². The monoisotopic (exact) mass is 281 g/mol. The molecular weight excluding hydrogens is 271 g/mol. The van der Waals surface area contributed by atoms with Gasteiger partial charge in [-0.1, -0.05) is 12.1 Å². The van der Waals surface area contributed by atoms with Gasteiger partial charge in [0, 0.05) is 12.4 Å². The van der Waals surface area contributed by atoms with Gasteiger partial charge in [-0.05, 0) is 34.9 Å². The first-order valence-electron chi connectivity index (χ1n) is 5.70. The molecule has 6 heteroatoms. The molecule has 0 radical (unpaired) electrons. The van der Waals surface area contributed by atoms with Crippen molar-refractivity contribution in [1.29, 1.82) is 0 Å². The minimum Gasteiger partial charge on any atom is -0.481 e. The third-order valence-corrected chi connectivity index (χ3v) is 2.77. The molecule has 0 spiro atoms. The first-order valence-corrected chi connectivity index (χ1v) is 5.70. The second-order valence-electron chi connectivity index (χ2n) is 4.18. The van der Waals surface area contributed by atoms with Gasteiger partial charge < -0.3 is 5.11 Å². The van der Waals surface area contributed by atoms with Gasteiger partial charge in [-0.25, -0.2) is 0 Å². The molecule has 0 unspecified atom stereocenters. The largest absolute Gasteiger partial charge is 0.481 e. The lowest BCUT2D eigenvalue weighted by molar-refractivity contribution is -0.139. The third-order valence-electron chi connectivity index (χ3n) is 2.77. The van der Waals surface area contributed by atoms with Gasteiger partial charge in [-0.3, -0.25) is 9.78 Å². The summed E-state index contributed by atoms with van der Waals surface area (Å²) in [6.45, 7) is 0. The van der Waals surface area contributed by atoms with Gasteiger partial charge in [-0.2, -0.15) is 13.2 Å². The van der Waals surface area contributed by atoms with Gasteiger partial charge in [0.05, 0.1) is 12.0 Å². The molecule has 20 heavy (non-hydrogen) atoms. The Kier molecular flexibility index (Phi) is 3.74. The molecule has 2 rings (SSSR count). The van der Waals surface area contributed by atoms with Crippen LogP contribution in [-0.4, -0.2) is 16.1 Å². The highest BCUT2D eigenvalue weighted by Gasteiger charge is 2.34. The van der Waals surface area contributed by atoms with Crippen molar-refractivity contribution in [3.63, 3.8) is 0 Å². The number of aromatic nitrogens is 1. The van der Waals surface area contributed by atoms with Crippen molar-refractivity contribution in [2.45, 2.75) is 12.6 Å². The van der Waals surface area contributed by atoms with Crippen LogP contribution in [0.25, 0.3) is 11.1 Å². The minimum absolute atomic E-state index is 0.247. The highest BCUT2D eigenvalue weighted by molar-refractivity contribution is 5.72. The quantitative estimate of drug-likeness (QED) is 0.938. The summed E-state index contributed by atoms with van der Waals surface area (Å²) in [5.41, 5.74) is -0.210. The molecule has 1 aromatic carbocycles. The molecule has 104 valence electrons. The molecule has 2 aromatic rings. The highest BCUT2D eigenvalue weighted by Crippen LogP contribution is 2.35. The number of rotatable bonds is 3. The van der Waals surface area contributed by atoms with E-state index in [1.165, 1.54) is 24.5 Å². The number of aliphatic carboxylic acids is 1. The predicted molar refractivity (Wildman–Crippen MR) is 66.0 cm³/mol. The SMILES string of the molecule is O=C(O)Cc1ccc(-c2ccncc2)cc1C(F)(F)F. The fraction of sp³-hybridized carbons (Fsp3) is 0.143. The predicted octanol–water partition coefficient (Wildman–Crippen LogP) is 3.39. The molecule has 0 atom stereocenters. The second kappa shape index (κ2) is 5.32. The average molecular weight is 281 g/mol. The number of carboxylic acids is 1. The first-order chi connectivity index (χ1) is 9.38. The van der Waals surface area contributed by atoms with Crippen LogP contribution in [0, 0.1) is 0 Å². The number of hydrogen-bond donors (Lipinski definition) is 1. The van der Waals surface area contributed by atoms with Crippen molar-refractivity contribution >= 4 is 5.97 Å². The van der Waals surface area contributed by atoms with Crippen molar-refractivity contribution in [3.8, 4) is 11.1 Å². The van der Waals surface area contributed by atoms with Crippen LogP contribution in [0.2, 0.25) is 0 Å². The zero-order valence-electron chi connectivity index (χ0n) is 10.2. The van der Waals surface area contributed by atoms with Crippen LogP contribution in [0.1, 0.15) is 11.1 Å². The van der Waals surface area contributed by atoms with E-state index < -0.39 is 24.1 Å².